The van der Waals surface area contributed by atoms with E-state index in [1.807, 2.05) is 31.2 Å². The molecule has 0 fully saturated rings. The third-order valence-electron chi connectivity index (χ3n) is 3.82. The van der Waals surface area contributed by atoms with Gasteiger partial charge in [0.05, 0.1) is 17.9 Å². The molecule has 0 saturated carbocycles. The summed E-state index contributed by atoms with van der Waals surface area (Å²) in [5.74, 6) is -0.449. The highest BCUT2D eigenvalue weighted by molar-refractivity contribution is 5.91. The van der Waals surface area contributed by atoms with E-state index in [4.69, 9.17) is 4.74 Å². The van der Waals surface area contributed by atoms with Crippen LogP contribution in [0.1, 0.15) is 34.1 Å². The van der Waals surface area contributed by atoms with Crippen molar-refractivity contribution >= 4 is 11.6 Å². The van der Waals surface area contributed by atoms with Crippen LogP contribution in [0.3, 0.4) is 0 Å². The van der Waals surface area contributed by atoms with Crippen molar-refractivity contribution in [2.45, 2.75) is 20.8 Å². The van der Waals surface area contributed by atoms with Gasteiger partial charge >= 0.3 is 5.97 Å². The molecule has 0 amide bonds. The molecule has 0 saturated heterocycles. The minimum atomic E-state index is -0.449. The lowest BCUT2D eigenvalue weighted by atomic mass is 10.1. The number of aromatic nitrogens is 3. The first-order valence-electron chi connectivity index (χ1n) is 7.59. The van der Waals surface area contributed by atoms with Crippen molar-refractivity contribution in [3.05, 3.63) is 52.8 Å². The number of benzene rings is 1. The Balaban J connectivity index is 2.22. The number of hydrogen-bond acceptors (Lipinski definition) is 5. The number of aryl methyl sites for hydroxylation is 2. The maximum Gasteiger partial charge on any atom is 0.341 e. The smallest absolute Gasteiger partial charge is 0.341 e. The fourth-order valence-corrected chi connectivity index (χ4v) is 2.52. The van der Waals surface area contributed by atoms with Crippen molar-refractivity contribution < 1.29 is 9.53 Å². The predicted octanol–water partition coefficient (Wildman–Crippen LogP) is 3.06. The molecule has 0 N–H and O–H groups in total. The van der Waals surface area contributed by atoms with Crippen LogP contribution in [-0.4, -0.2) is 27.2 Å². The summed E-state index contributed by atoms with van der Waals surface area (Å²) in [5.41, 5.74) is 4.25. The first kappa shape index (κ1) is 15.7. The lowest BCUT2D eigenvalue weighted by molar-refractivity contribution is 0.0524. The second-order valence-electron chi connectivity index (χ2n) is 5.41. The highest BCUT2D eigenvalue weighted by Crippen LogP contribution is 2.26. The van der Waals surface area contributed by atoms with Crippen LogP contribution in [0.5, 0.6) is 0 Å². The standard InChI is InChI=1S/C18H16N4O2/c1-4-24-18(23)15-10-20-17-14(9-19)16(21-22(17)12(15)3)13-7-5-11(2)6-8-13/h5-8,10H,4H2,1-3H3. The molecule has 2 aromatic heterocycles. The Morgan fingerprint density at radius 1 is 1.29 bits per heavy atom. The van der Waals surface area contributed by atoms with Gasteiger partial charge in [0, 0.05) is 11.8 Å². The van der Waals surface area contributed by atoms with Crippen LogP contribution in [0.25, 0.3) is 16.9 Å². The van der Waals surface area contributed by atoms with Crippen molar-refractivity contribution in [1.82, 2.24) is 14.6 Å². The Labute approximate surface area is 139 Å². The second kappa shape index (κ2) is 6.13. The largest absolute Gasteiger partial charge is 0.462 e. The zero-order chi connectivity index (χ0) is 17.3. The van der Waals surface area contributed by atoms with Gasteiger partial charge in [-0.1, -0.05) is 29.8 Å². The molecule has 0 bridgehead atoms. The number of ether oxygens (including phenoxy) is 1. The zero-order valence-corrected chi connectivity index (χ0v) is 13.7. The van der Waals surface area contributed by atoms with Crippen LogP contribution in [-0.2, 0) is 4.74 Å². The maximum absolute atomic E-state index is 12.0. The van der Waals surface area contributed by atoms with E-state index < -0.39 is 5.97 Å². The highest BCUT2D eigenvalue weighted by Gasteiger charge is 2.20. The molecule has 3 rings (SSSR count). The van der Waals surface area contributed by atoms with E-state index in [1.54, 1.807) is 13.8 Å². The third kappa shape index (κ3) is 2.50. The molecule has 0 radical (unpaired) electrons. The van der Waals surface area contributed by atoms with Crippen LogP contribution in [0.15, 0.2) is 30.5 Å². The summed E-state index contributed by atoms with van der Waals surface area (Å²) in [5, 5.41) is 14.0. The first-order valence-corrected chi connectivity index (χ1v) is 7.59. The van der Waals surface area contributed by atoms with Gasteiger partial charge in [0.15, 0.2) is 5.65 Å². The number of rotatable bonds is 3. The Bertz CT molecular complexity index is 965. The molecule has 3 aromatic rings. The topological polar surface area (TPSA) is 80.3 Å². The lowest BCUT2D eigenvalue weighted by Gasteiger charge is -2.06. The molecule has 0 unspecified atom stereocenters. The van der Waals surface area contributed by atoms with Crippen molar-refractivity contribution in [2.75, 3.05) is 6.61 Å². The second-order valence-corrected chi connectivity index (χ2v) is 5.41. The fourth-order valence-electron chi connectivity index (χ4n) is 2.52. The van der Waals surface area contributed by atoms with Crippen LogP contribution < -0.4 is 0 Å². The van der Waals surface area contributed by atoms with Gasteiger partial charge in [-0.2, -0.15) is 10.4 Å². The van der Waals surface area contributed by atoms with Gasteiger partial charge in [-0.15, -0.1) is 0 Å². The molecular formula is C18H16N4O2. The quantitative estimate of drug-likeness (QED) is 0.693. The minimum absolute atomic E-state index is 0.285. The molecule has 0 aliphatic carbocycles. The fraction of sp³-hybridized carbons (Fsp3) is 0.222. The Morgan fingerprint density at radius 2 is 2.00 bits per heavy atom. The molecule has 0 aliphatic rings. The summed E-state index contributed by atoms with van der Waals surface area (Å²) in [6, 6.07) is 9.93. The SMILES string of the molecule is CCOC(=O)c1cnc2c(C#N)c(-c3ccc(C)cc3)nn2c1C. The van der Waals surface area contributed by atoms with Crippen LogP contribution >= 0.6 is 0 Å². The summed E-state index contributed by atoms with van der Waals surface area (Å²) in [6.45, 7) is 5.79. The Hall–Kier alpha value is -3.20. The molecule has 6 nitrogen and oxygen atoms in total. The zero-order valence-electron chi connectivity index (χ0n) is 13.7. The molecule has 120 valence electrons. The van der Waals surface area contributed by atoms with Gasteiger partial charge in [-0.05, 0) is 20.8 Å². The van der Waals surface area contributed by atoms with Gasteiger partial charge in [0.1, 0.15) is 17.3 Å². The molecule has 2 heterocycles. The normalized spacial score (nSPS) is 10.6. The lowest BCUT2D eigenvalue weighted by Crippen LogP contribution is -2.11. The van der Waals surface area contributed by atoms with E-state index in [2.05, 4.69) is 16.2 Å². The number of nitrogens with zero attached hydrogens (tertiary/aromatic N) is 4. The van der Waals surface area contributed by atoms with E-state index in [9.17, 15) is 10.1 Å². The Kier molecular flexibility index (Phi) is 4.00. The molecule has 6 heteroatoms. The van der Waals surface area contributed by atoms with Crippen LogP contribution in [0, 0.1) is 25.2 Å². The summed E-state index contributed by atoms with van der Waals surface area (Å²) in [6.07, 6.45) is 1.43. The molecule has 1 aromatic carbocycles. The maximum atomic E-state index is 12.0. The summed E-state index contributed by atoms with van der Waals surface area (Å²) in [4.78, 5) is 16.3. The van der Waals surface area contributed by atoms with Crippen molar-refractivity contribution in [1.29, 1.82) is 5.26 Å². The van der Waals surface area contributed by atoms with E-state index in [0.29, 0.717) is 28.2 Å². The summed E-state index contributed by atoms with van der Waals surface area (Å²) in [7, 11) is 0. The van der Waals surface area contributed by atoms with Gasteiger partial charge < -0.3 is 4.74 Å². The van der Waals surface area contributed by atoms with Crippen molar-refractivity contribution in [3.63, 3.8) is 0 Å². The Morgan fingerprint density at radius 3 is 2.62 bits per heavy atom. The van der Waals surface area contributed by atoms with E-state index in [1.165, 1.54) is 10.7 Å². The van der Waals surface area contributed by atoms with Gasteiger partial charge in [-0.3, -0.25) is 0 Å². The number of hydrogen-bond donors (Lipinski definition) is 0. The van der Waals surface area contributed by atoms with Gasteiger partial charge in [-0.25, -0.2) is 14.3 Å². The molecule has 0 atom stereocenters. The molecule has 0 spiro atoms. The number of nitriles is 1. The summed E-state index contributed by atoms with van der Waals surface area (Å²) < 4.78 is 6.56. The number of carbonyl (C=O) groups excluding carboxylic acids is 1. The number of carbonyl (C=O) groups is 1. The van der Waals surface area contributed by atoms with E-state index >= 15 is 0 Å². The van der Waals surface area contributed by atoms with Gasteiger partial charge in [0.2, 0.25) is 0 Å². The van der Waals surface area contributed by atoms with Crippen molar-refractivity contribution in [3.8, 4) is 17.3 Å². The third-order valence-corrected chi connectivity index (χ3v) is 3.82. The summed E-state index contributed by atoms with van der Waals surface area (Å²) >= 11 is 0. The molecule has 24 heavy (non-hydrogen) atoms. The average Bonchev–Trinajstić information content (AvgIpc) is 2.95. The average molecular weight is 320 g/mol. The molecule has 0 aliphatic heterocycles. The molecular weight excluding hydrogens is 304 g/mol. The number of fused-ring (bicyclic) bond motifs is 1. The van der Waals surface area contributed by atoms with Crippen LogP contribution in [0.2, 0.25) is 0 Å². The monoisotopic (exact) mass is 320 g/mol. The highest BCUT2D eigenvalue weighted by atomic mass is 16.5. The van der Waals surface area contributed by atoms with E-state index in [0.717, 1.165) is 11.1 Å². The van der Waals surface area contributed by atoms with Crippen LogP contribution in [0.4, 0.5) is 0 Å². The van der Waals surface area contributed by atoms with Crippen molar-refractivity contribution in [2.24, 2.45) is 0 Å². The number of esters is 1. The van der Waals surface area contributed by atoms with Gasteiger partial charge in [0.25, 0.3) is 0 Å². The minimum Gasteiger partial charge on any atom is -0.462 e. The predicted molar refractivity (Wildman–Crippen MR) is 88.6 cm³/mol. The van der Waals surface area contributed by atoms with E-state index in [-0.39, 0.29) is 6.61 Å². The first-order chi connectivity index (χ1) is 11.6.